The Kier molecular flexibility index (Phi) is 6.53. The summed E-state index contributed by atoms with van der Waals surface area (Å²) in [6.07, 6.45) is 4.04. The molecule has 1 aromatic carbocycles. The molecule has 8 heteroatoms. The first-order valence-electron chi connectivity index (χ1n) is 8.99. The number of nitrogens with zero attached hydrogens (tertiary/aromatic N) is 2. The lowest BCUT2D eigenvalue weighted by molar-refractivity contribution is 0.0734. The van der Waals surface area contributed by atoms with Gasteiger partial charge in [-0.25, -0.2) is 8.78 Å². The number of rotatable bonds is 5. The molecule has 1 aliphatic heterocycles. The highest BCUT2D eigenvalue weighted by Gasteiger charge is 2.31. The lowest BCUT2D eigenvalue weighted by Gasteiger charge is -2.38. The highest BCUT2D eigenvalue weighted by Crippen LogP contribution is 2.23. The van der Waals surface area contributed by atoms with Gasteiger partial charge in [-0.1, -0.05) is 12.1 Å². The summed E-state index contributed by atoms with van der Waals surface area (Å²) in [5, 5.41) is 10.1. The summed E-state index contributed by atoms with van der Waals surface area (Å²) in [5.74, 6) is -1.82. The molecule has 2 heterocycles. The predicted molar refractivity (Wildman–Crippen MR) is 106 cm³/mol. The average molecular weight is 404 g/mol. The van der Waals surface area contributed by atoms with Gasteiger partial charge in [0.1, 0.15) is 5.84 Å². The van der Waals surface area contributed by atoms with Gasteiger partial charge in [-0.2, -0.15) is 0 Å². The highest BCUT2D eigenvalue weighted by atomic mass is 32.1. The van der Waals surface area contributed by atoms with Crippen LogP contribution in [-0.4, -0.2) is 40.7 Å². The summed E-state index contributed by atoms with van der Waals surface area (Å²) in [6, 6.07) is 7.38. The van der Waals surface area contributed by atoms with Gasteiger partial charge in [0.2, 0.25) is 0 Å². The van der Waals surface area contributed by atoms with Crippen molar-refractivity contribution in [1.82, 2.24) is 9.80 Å². The molecular formula is C20H22F2N4OS. The fraction of sp³-hybridized carbons (Fsp3) is 0.300. The smallest absolute Gasteiger partial charge is 0.269 e. The van der Waals surface area contributed by atoms with E-state index in [4.69, 9.17) is 11.1 Å². The number of carbonyl (C=O) groups excluding carboxylic acids is 1. The molecule has 5 nitrogen and oxygen atoms in total. The molecule has 2 aromatic rings. The van der Waals surface area contributed by atoms with E-state index in [1.165, 1.54) is 34.6 Å². The Hall–Kier alpha value is -2.58. The van der Waals surface area contributed by atoms with Crippen molar-refractivity contribution in [3.05, 3.63) is 70.1 Å². The molecule has 0 atom stereocenters. The number of carbonyl (C=O) groups is 1. The molecule has 3 rings (SSSR count). The average Bonchev–Trinajstić information content (AvgIpc) is 3.21. The third-order valence-corrected chi connectivity index (χ3v) is 5.63. The van der Waals surface area contributed by atoms with Crippen molar-refractivity contribution in [2.24, 2.45) is 5.73 Å². The standard InChI is InChI=1S/C20H22F2N4OS/c21-16-4-3-14(12-17(16)22)13-25-9-6-15(7-10-25)26(19(24)5-8-23)20(27)18-2-1-11-28-18/h1-5,8,11-12,15,24H,6-7,9-10,13,23H2/b8-5-,24-19?. The number of hydrogen-bond donors (Lipinski definition) is 2. The summed E-state index contributed by atoms with van der Waals surface area (Å²) in [7, 11) is 0. The largest absolute Gasteiger partial charge is 0.404 e. The van der Waals surface area contributed by atoms with Crippen LogP contribution in [0.4, 0.5) is 8.78 Å². The van der Waals surface area contributed by atoms with Crippen LogP contribution >= 0.6 is 11.3 Å². The van der Waals surface area contributed by atoms with Crippen LogP contribution < -0.4 is 5.73 Å². The molecule has 3 N–H and O–H groups in total. The van der Waals surface area contributed by atoms with Crippen molar-refractivity contribution in [3.8, 4) is 0 Å². The Bertz CT molecular complexity index is 861. The summed E-state index contributed by atoms with van der Waals surface area (Å²) >= 11 is 1.34. The second-order valence-electron chi connectivity index (χ2n) is 6.65. The van der Waals surface area contributed by atoms with Crippen molar-refractivity contribution in [1.29, 1.82) is 5.41 Å². The number of nitrogens with two attached hydrogens (primary N) is 1. The molecule has 0 aliphatic carbocycles. The zero-order valence-corrected chi connectivity index (χ0v) is 16.1. The van der Waals surface area contributed by atoms with Crippen LogP contribution in [0.2, 0.25) is 0 Å². The van der Waals surface area contributed by atoms with Gasteiger partial charge in [-0.3, -0.25) is 20.0 Å². The minimum absolute atomic E-state index is 0.0694. The van der Waals surface area contributed by atoms with Crippen LogP contribution in [0.1, 0.15) is 28.1 Å². The quantitative estimate of drug-likeness (QED) is 0.591. The van der Waals surface area contributed by atoms with Crippen LogP contribution in [0.3, 0.4) is 0 Å². The first-order chi connectivity index (χ1) is 13.5. The number of hydrogen-bond acceptors (Lipinski definition) is 5. The Morgan fingerprint density at radius 3 is 2.64 bits per heavy atom. The molecule has 0 unspecified atom stereocenters. The van der Waals surface area contributed by atoms with E-state index in [0.29, 0.717) is 42.9 Å². The molecule has 1 saturated heterocycles. The number of halogens is 2. The van der Waals surface area contributed by atoms with Crippen LogP contribution in [0.15, 0.2) is 48.0 Å². The molecule has 0 saturated carbocycles. The van der Waals surface area contributed by atoms with E-state index in [1.54, 1.807) is 12.1 Å². The zero-order valence-electron chi connectivity index (χ0n) is 15.3. The Labute approximate surface area is 166 Å². The monoisotopic (exact) mass is 404 g/mol. The molecule has 0 spiro atoms. The van der Waals surface area contributed by atoms with Gasteiger partial charge in [0, 0.05) is 25.7 Å². The Balaban J connectivity index is 1.66. The second-order valence-corrected chi connectivity index (χ2v) is 7.60. The number of piperidine rings is 1. The maximum absolute atomic E-state index is 13.4. The number of amides is 1. The lowest BCUT2D eigenvalue weighted by atomic mass is 10.0. The number of nitrogens with one attached hydrogen (secondary N) is 1. The van der Waals surface area contributed by atoms with Crippen molar-refractivity contribution in [3.63, 3.8) is 0 Å². The fourth-order valence-electron chi connectivity index (χ4n) is 3.39. The third-order valence-electron chi connectivity index (χ3n) is 4.78. The number of likely N-dealkylation sites (tertiary alicyclic amines) is 1. The van der Waals surface area contributed by atoms with E-state index in [-0.39, 0.29) is 17.8 Å². The molecule has 0 bridgehead atoms. The van der Waals surface area contributed by atoms with Crippen LogP contribution in [0.5, 0.6) is 0 Å². The second kappa shape index (κ2) is 9.07. The van der Waals surface area contributed by atoms with Gasteiger partial charge in [0.05, 0.1) is 4.88 Å². The molecule has 1 aliphatic rings. The van der Waals surface area contributed by atoms with Gasteiger partial charge in [0.15, 0.2) is 11.6 Å². The molecule has 148 valence electrons. The van der Waals surface area contributed by atoms with Crippen LogP contribution in [0, 0.1) is 17.0 Å². The number of benzene rings is 1. The van der Waals surface area contributed by atoms with Crippen molar-refractivity contribution < 1.29 is 13.6 Å². The molecule has 1 fully saturated rings. The maximum atomic E-state index is 13.4. The SMILES string of the molecule is N=C(/C=C\N)N(C(=O)c1cccs1)C1CCN(Cc2ccc(F)c(F)c2)CC1. The predicted octanol–water partition coefficient (Wildman–Crippen LogP) is 3.58. The van der Waals surface area contributed by atoms with Crippen molar-refractivity contribution in [2.75, 3.05) is 13.1 Å². The summed E-state index contributed by atoms with van der Waals surface area (Å²) in [4.78, 5) is 17.1. The molecule has 28 heavy (non-hydrogen) atoms. The van der Waals surface area contributed by atoms with Gasteiger partial charge < -0.3 is 5.73 Å². The van der Waals surface area contributed by atoms with Crippen molar-refractivity contribution in [2.45, 2.75) is 25.4 Å². The molecule has 1 amide bonds. The fourth-order valence-corrected chi connectivity index (χ4v) is 4.05. The summed E-state index contributed by atoms with van der Waals surface area (Å²) < 4.78 is 26.5. The van der Waals surface area contributed by atoms with E-state index in [1.807, 2.05) is 11.4 Å². The normalized spacial score (nSPS) is 15.8. The first-order valence-corrected chi connectivity index (χ1v) is 9.87. The van der Waals surface area contributed by atoms with Gasteiger partial charge >= 0.3 is 0 Å². The zero-order chi connectivity index (χ0) is 20.1. The van der Waals surface area contributed by atoms with E-state index < -0.39 is 11.6 Å². The van der Waals surface area contributed by atoms with Crippen LogP contribution in [0.25, 0.3) is 0 Å². The minimum Gasteiger partial charge on any atom is -0.404 e. The maximum Gasteiger partial charge on any atom is 0.269 e. The molecule has 1 aromatic heterocycles. The lowest BCUT2D eigenvalue weighted by Crippen LogP contribution is -2.49. The topological polar surface area (TPSA) is 73.4 Å². The van der Waals surface area contributed by atoms with E-state index in [2.05, 4.69) is 4.90 Å². The summed E-state index contributed by atoms with van der Waals surface area (Å²) in [5.41, 5.74) is 6.13. The van der Waals surface area contributed by atoms with E-state index in [0.717, 1.165) is 6.07 Å². The van der Waals surface area contributed by atoms with E-state index >= 15 is 0 Å². The number of thiophene rings is 1. The summed E-state index contributed by atoms with van der Waals surface area (Å²) in [6.45, 7) is 1.90. The third kappa shape index (κ3) is 4.63. The van der Waals surface area contributed by atoms with Crippen LogP contribution in [-0.2, 0) is 6.54 Å². The van der Waals surface area contributed by atoms with E-state index in [9.17, 15) is 13.6 Å². The molecular weight excluding hydrogens is 382 g/mol. The highest BCUT2D eigenvalue weighted by molar-refractivity contribution is 7.12. The Morgan fingerprint density at radius 2 is 2.04 bits per heavy atom. The van der Waals surface area contributed by atoms with Gasteiger partial charge in [0.25, 0.3) is 5.91 Å². The number of amidine groups is 1. The first kappa shape index (κ1) is 20.2. The van der Waals surface area contributed by atoms with Crippen molar-refractivity contribution >= 4 is 23.1 Å². The van der Waals surface area contributed by atoms with Gasteiger partial charge in [-0.05, 0) is 54.3 Å². The Morgan fingerprint density at radius 1 is 1.29 bits per heavy atom. The minimum atomic E-state index is -0.850. The molecule has 0 radical (unpaired) electrons. The van der Waals surface area contributed by atoms with Gasteiger partial charge in [-0.15, -0.1) is 11.3 Å².